The van der Waals surface area contributed by atoms with E-state index in [1.165, 1.54) is 6.07 Å². The van der Waals surface area contributed by atoms with Gasteiger partial charge in [0.1, 0.15) is 0 Å². The Hall–Kier alpha value is -2.05. The summed E-state index contributed by atoms with van der Waals surface area (Å²) in [4.78, 5) is 13.8. The van der Waals surface area contributed by atoms with Crippen LogP contribution in [0.5, 0.6) is 0 Å². The molecule has 0 atom stereocenters. The van der Waals surface area contributed by atoms with E-state index in [9.17, 15) is 13.2 Å². The monoisotopic (exact) mass is 378 g/mol. The topological polar surface area (TPSA) is 66.5 Å². The first-order chi connectivity index (χ1) is 11.8. The molecule has 2 aromatic rings. The molecule has 0 unspecified atom stereocenters. The van der Waals surface area contributed by atoms with Crippen LogP contribution in [0.2, 0.25) is 5.02 Å². The van der Waals surface area contributed by atoms with Gasteiger partial charge in [-0.2, -0.15) is 0 Å². The van der Waals surface area contributed by atoms with Crippen molar-refractivity contribution in [1.29, 1.82) is 0 Å². The molecule has 5 nitrogen and oxygen atoms in total. The zero-order valence-corrected chi connectivity index (χ0v) is 15.6. The maximum absolute atomic E-state index is 12.7. The van der Waals surface area contributed by atoms with Gasteiger partial charge in [0.05, 0.1) is 10.6 Å². The van der Waals surface area contributed by atoms with Crippen LogP contribution in [0, 0.1) is 13.8 Å². The number of amides is 1. The van der Waals surface area contributed by atoms with Crippen LogP contribution in [0.1, 0.15) is 24.0 Å². The van der Waals surface area contributed by atoms with Gasteiger partial charge in [-0.1, -0.05) is 17.7 Å². The van der Waals surface area contributed by atoms with Crippen molar-refractivity contribution in [2.24, 2.45) is 0 Å². The minimum atomic E-state index is -3.74. The van der Waals surface area contributed by atoms with Crippen molar-refractivity contribution in [3.05, 3.63) is 52.5 Å². The fourth-order valence-electron chi connectivity index (χ4n) is 2.91. The van der Waals surface area contributed by atoms with E-state index in [2.05, 4.69) is 4.72 Å². The van der Waals surface area contributed by atoms with Gasteiger partial charge in [0.15, 0.2) is 0 Å². The Balaban J connectivity index is 1.91. The van der Waals surface area contributed by atoms with Gasteiger partial charge >= 0.3 is 0 Å². The lowest BCUT2D eigenvalue weighted by Gasteiger charge is -2.19. The molecular formula is C18H19ClN2O3S. The summed E-state index contributed by atoms with van der Waals surface area (Å²) in [5.74, 6) is 0.0754. The standard InChI is InChI=1S/C18H19ClN2O3S/c1-12-5-6-14(19)11-16(12)20-25(23,24)15-7-8-17(13(2)10-15)21-9-3-4-18(21)22/h5-8,10-11,20H,3-4,9H2,1-2H3. The van der Waals surface area contributed by atoms with Gasteiger partial charge in [-0.05, 0) is 61.7 Å². The first-order valence-electron chi connectivity index (χ1n) is 7.98. The largest absolute Gasteiger partial charge is 0.312 e. The van der Waals surface area contributed by atoms with Crippen LogP contribution in [0.4, 0.5) is 11.4 Å². The summed E-state index contributed by atoms with van der Waals surface area (Å²) in [7, 11) is -3.74. The summed E-state index contributed by atoms with van der Waals surface area (Å²) < 4.78 is 27.9. The fourth-order valence-corrected chi connectivity index (χ4v) is 4.29. The molecule has 7 heteroatoms. The third-order valence-corrected chi connectivity index (χ3v) is 5.88. The average Bonchev–Trinajstić information content (AvgIpc) is 2.96. The lowest BCUT2D eigenvalue weighted by atomic mass is 10.2. The van der Waals surface area contributed by atoms with Gasteiger partial charge in [-0.15, -0.1) is 0 Å². The second-order valence-electron chi connectivity index (χ2n) is 6.16. The van der Waals surface area contributed by atoms with E-state index in [-0.39, 0.29) is 10.8 Å². The van der Waals surface area contributed by atoms with E-state index in [4.69, 9.17) is 11.6 Å². The number of halogens is 1. The van der Waals surface area contributed by atoms with E-state index < -0.39 is 10.0 Å². The number of anilines is 2. The van der Waals surface area contributed by atoms with Crippen LogP contribution in [0.15, 0.2) is 41.3 Å². The molecule has 132 valence electrons. The maximum atomic E-state index is 12.7. The predicted molar refractivity (Wildman–Crippen MR) is 99.8 cm³/mol. The molecule has 0 aliphatic carbocycles. The maximum Gasteiger partial charge on any atom is 0.261 e. The van der Waals surface area contributed by atoms with Crippen molar-refractivity contribution in [3.8, 4) is 0 Å². The van der Waals surface area contributed by atoms with Crippen LogP contribution < -0.4 is 9.62 Å². The van der Waals surface area contributed by atoms with Crippen molar-refractivity contribution < 1.29 is 13.2 Å². The Morgan fingerprint density at radius 2 is 1.84 bits per heavy atom. The number of rotatable bonds is 4. The van der Waals surface area contributed by atoms with Crippen molar-refractivity contribution in [2.75, 3.05) is 16.2 Å². The Morgan fingerprint density at radius 1 is 1.08 bits per heavy atom. The number of aryl methyl sites for hydroxylation is 2. The minimum absolute atomic E-state index is 0.0754. The molecule has 1 N–H and O–H groups in total. The van der Waals surface area contributed by atoms with Crippen molar-refractivity contribution >= 4 is 38.9 Å². The van der Waals surface area contributed by atoms with Crippen molar-refractivity contribution in [1.82, 2.24) is 0 Å². The highest BCUT2D eigenvalue weighted by molar-refractivity contribution is 7.92. The molecule has 0 saturated carbocycles. The molecule has 1 aliphatic heterocycles. The molecule has 3 rings (SSSR count). The smallest absolute Gasteiger partial charge is 0.261 e. The minimum Gasteiger partial charge on any atom is -0.312 e. The number of carbonyl (C=O) groups excluding carboxylic acids is 1. The molecule has 2 aromatic carbocycles. The van der Waals surface area contributed by atoms with Crippen molar-refractivity contribution in [2.45, 2.75) is 31.6 Å². The third kappa shape index (κ3) is 3.65. The number of sulfonamides is 1. The molecule has 0 aromatic heterocycles. The Morgan fingerprint density at radius 3 is 2.48 bits per heavy atom. The van der Waals surface area contributed by atoms with Gasteiger partial charge in [0.25, 0.3) is 10.0 Å². The highest BCUT2D eigenvalue weighted by Gasteiger charge is 2.24. The SMILES string of the molecule is Cc1ccc(Cl)cc1NS(=O)(=O)c1ccc(N2CCCC2=O)c(C)c1. The Labute approximate surface area is 152 Å². The zero-order valence-electron chi connectivity index (χ0n) is 14.0. The van der Waals surface area contributed by atoms with E-state index in [1.54, 1.807) is 35.2 Å². The molecule has 1 amide bonds. The molecule has 0 bridgehead atoms. The second-order valence-corrected chi connectivity index (χ2v) is 8.28. The molecule has 25 heavy (non-hydrogen) atoms. The summed E-state index contributed by atoms with van der Waals surface area (Å²) >= 11 is 5.95. The fraction of sp³-hybridized carbons (Fsp3) is 0.278. The lowest BCUT2D eigenvalue weighted by Crippen LogP contribution is -2.24. The summed E-state index contributed by atoms with van der Waals surface area (Å²) in [6.07, 6.45) is 1.36. The van der Waals surface area contributed by atoms with E-state index in [0.29, 0.717) is 23.7 Å². The van der Waals surface area contributed by atoms with Crippen LogP contribution in [0.3, 0.4) is 0 Å². The zero-order chi connectivity index (χ0) is 18.2. The molecule has 1 heterocycles. The second kappa shape index (κ2) is 6.69. The number of hydrogen-bond acceptors (Lipinski definition) is 3. The molecule has 1 fully saturated rings. The van der Waals surface area contributed by atoms with Crippen LogP contribution >= 0.6 is 11.6 Å². The average molecular weight is 379 g/mol. The van der Waals surface area contributed by atoms with Gasteiger partial charge in [-0.3, -0.25) is 9.52 Å². The van der Waals surface area contributed by atoms with Crippen LogP contribution in [-0.4, -0.2) is 20.9 Å². The highest BCUT2D eigenvalue weighted by atomic mass is 35.5. The third-order valence-electron chi connectivity index (χ3n) is 4.29. The first-order valence-corrected chi connectivity index (χ1v) is 9.84. The summed E-state index contributed by atoms with van der Waals surface area (Å²) in [6, 6.07) is 9.85. The summed E-state index contributed by atoms with van der Waals surface area (Å²) in [6.45, 7) is 4.29. The highest BCUT2D eigenvalue weighted by Crippen LogP contribution is 2.29. The van der Waals surface area contributed by atoms with Gasteiger partial charge in [-0.25, -0.2) is 8.42 Å². The number of benzene rings is 2. The molecule has 1 aliphatic rings. The molecule has 1 saturated heterocycles. The van der Waals surface area contributed by atoms with Crippen molar-refractivity contribution in [3.63, 3.8) is 0 Å². The number of nitrogens with zero attached hydrogens (tertiary/aromatic N) is 1. The first kappa shape index (κ1) is 17.8. The van der Waals surface area contributed by atoms with E-state index >= 15 is 0 Å². The molecule has 0 spiro atoms. The van der Waals surface area contributed by atoms with E-state index in [1.807, 2.05) is 13.8 Å². The Kier molecular flexibility index (Phi) is 4.75. The van der Waals surface area contributed by atoms with Crippen LogP contribution in [-0.2, 0) is 14.8 Å². The number of carbonyl (C=O) groups is 1. The van der Waals surface area contributed by atoms with E-state index in [0.717, 1.165) is 23.2 Å². The van der Waals surface area contributed by atoms with Gasteiger partial charge in [0.2, 0.25) is 5.91 Å². The summed E-state index contributed by atoms with van der Waals surface area (Å²) in [5, 5.41) is 0.461. The number of hydrogen-bond donors (Lipinski definition) is 1. The van der Waals surface area contributed by atoms with Crippen LogP contribution in [0.25, 0.3) is 0 Å². The predicted octanol–water partition coefficient (Wildman–Crippen LogP) is 3.88. The number of nitrogens with one attached hydrogen (secondary N) is 1. The van der Waals surface area contributed by atoms with Gasteiger partial charge in [0, 0.05) is 23.7 Å². The molecule has 0 radical (unpaired) electrons. The summed E-state index contributed by atoms with van der Waals surface area (Å²) in [5.41, 5.74) is 2.74. The Bertz CT molecular complexity index is 941. The lowest BCUT2D eigenvalue weighted by molar-refractivity contribution is -0.117. The normalized spacial score (nSPS) is 14.8. The quantitative estimate of drug-likeness (QED) is 0.877. The molecular weight excluding hydrogens is 360 g/mol. The van der Waals surface area contributed by atoms with Gasteiger partial charge < -0.3 is 4.90 Å².